The maximum Gasteiger partial charge on any atom is 0.407 e. The molecule has 0 saturated heterocycles. The highest BCUT2D eigenvalue weighted by molar-refractivity contribution is 7.92. The summed E-state index contributed by atoms with van der Waals surface area (Å²) >= 11 is 0. The second-order valence-corrected chi connectivity index (χ2v) is 19.2. The topological polar surface area (TPSA) is 252 Å². The monoisotopic (exact) mass is 929 g/mol. The van der Waals surface area contributed by atoms with Crippen LogP contribution < -0.4 is 30.0 Å². The lowest BCUT2D eigenvalue weighted by molar-refractivity contribution is 0.0519. The molecule has 0 bridgehead atoms. The van der Waals surface area contributed by atoms with Crippen LogP contribution in [0.2, 0.25) is 0 Å². The van der Waals surface area contributed by atoms with Gasteiger partial charge in [-0.15, -0.1) is 10.2 Å². The molecule has 1 unspecified atom stereocenters. The van der Waals surface area contributed by atoms with Gasteiger partial charge in [0.1, 0.15) is 38.5 Å². The van der Waals surface area contributed by atoms with Gasteiger partial charge in [-0.25, -0.2) is 31.3 Å². The third-order valence-electron chi connectivity index (χ3n) is 9.73. The molecule has 1 atom stereocenters. The largest absolute Gasteiger partial charge is 0.497 e. The molecular weight excluding hydrogens is 879 g/mol. The number of nitrogens with zero attached hydrogens (tertiary/aromatic N) is 6. The van der Waals surface area contributed by atoms with E-state index in [4.69, 9.17) is 24.7 Å². The molecule has 0 aliphatic heterocycles. The average Bonchev–Trinajstić information content (AvgIpc) is 3.75. The number of carbonyl (C=O) groups excluding carboxylic acids is 1. The molecule has 2 heterocycles. The van der Waals surface area contributed by atoms with Crippen LogP contribution in [0.3, 0.4) is 0 Å². The molecule has 0 aliphatic carbocycles. The first-order chi connectivity index (χ1) is 30.9. The number of benzene rings is 4. The quantitative estimate of drug-likeness (QED) is 0.0866. The lowest BCUT2D eigenvalue weighted by atomic mass is 10.00. The number of sulfonamides is 2. The lowest BCUT2D eigenvalue weighted by Gasteiger charge is -2.27. The van der Waals surface area contributed by atoms with Crippen molar-refractivity contribution >= 4 is 32.0 Å². The molecule has 6 aromatic rings. The molecule has 1 amide bonds. The van der Waals surface area contributed by atoms with Gasteiger partial charge < -0.3 is 35.1 Å². The van der Waals surface area contributed by atoms with Crippen LogP contribution >= 0.6 is 0 Å². The Labute approximate surface area is 377 Å². The zero-order valence-corrected chi connectivity index (χ0v) is 38.3. The van der Waals surface area contributed by atoms with Crippen molar-refractivity contribution in [2.24, 2.45) is 0 Å². The van der Waals surface area contributed by atoms with Crippen molar-refractivity contribution in [2.75, 3.05) is 40.2 Å². The fourth-order valence-electron chi connectivity index (χ4n) is 6.59. The van der Waals surface area contributed by atoms with Crippen molar-refractivity contribution in [3.63, 3.8) is 0 Å². The minimum atomic E-state index is -4.99. The van der Waals surface area contributed by atoms with Gasteiger partial charge in [0, 0.05) is 25.8 Å². The van der Waals surface area contributed by atoms with Crippen LogP contribution in [0.5, 0.6) is 17.2 Å². The zero-order valence-electron chi connectivity index (χ0n) is 36.6. The summed E-state index contributed by atoms with van der Waals surface area (Å²) in [5.41, 5.74) is 7.45. The molecule has 6 rings (SSSR count). The first-order valence-electron chi connectivity index (χ1n) is 20.1. The van der Waals surface area contributed by atoms with Gasteiger partial charge in [0.15, 0.2) is 0 Å². The van der Waals surface area contributed by atoms with Crippen LogP contribution in [0, 0.1) is 0 Å². The fraction of sp³-hybridized carbons (Fsp3) is 0.295. The minimum Gasteiger partial charge on any atom is -0.497 e. The third kappa shape index (κ3) is 12.1. The lowest BCUT2D eigenvalue weighted by Crippen LogP contribution is -2.47. The standard InChI is InChI=1S/C44H51N9O10S2/c1-44(2,3)63-43(55)47-24-33(28-54)50-64(56,57)38-20-19-37(32-21-22-46-39(45)23-32)40(42-48-51-53(49-42)27-31-11-17-36(62-6)18-12-31)41(38)65(58,59)52(25-29-7-13-34(60-4)14-8-29)26-30-9-15-35(61-5)16-10-30/h7-23,33,50,54H,24-28H2,1-6H3,(H2,45,46)(H,47,55). The molecule has 21 heteroatoms. The van der Waals surface area contributed by atoms with Crippen LogP contribution in [0.1, 0.15) is 37.5 Å². The van der Waals surface area contributed by atoms with E-state index in [1.807, 2.05) is 0 Å². The Bertz CT molecular complexity index is 2750. The summed E-state index contributed by atoms with van der Waals surface area (Å²) in [5.74, 6) is 1.55. The van der Waals surface area contributed by atoms with Gasteiger partial charge in [-0.3, -0.25) is 0 Å². The summed E-state index contributed by atoms with van der Waals surface area (Å²) in [6.45, 7) is 3.36. The Morgan fingerprint density at radius 3 is 1.88 bits per heavy atom. The van der Waals surface area contributed by atoms with E-state index in [0.717, 1.165) is 15.9 Å². The SMILES string of the molecule is COc1ccc(CN(Cc2ccc(OC)cc2)S(=O)(=O)c2c(S(=O)(=O)NC(CO)CNC(=O)OC(C)(C)C)ccc(-c3ccnc(N)c3)c2-c2nnn(Cc3ccc(OC)cc3)n2)cc1. The molecule has 0 fully saturated rings. The van der Waals surface area contributed by atoms with Crippen molar-refractivity contribution in [1.29, 1.82) is 0 Å². The summed E-state index contributed by atoms with van der Waals surface area (Å²) in [5, 5.41) is 26.1. The number of anilines is 1. The van der Waals surface area contributed by atoms with Crippen LogP contribution in [-0.4, -0.2) is 104 Å². The molecule has 2 aromatic heterocycles. The van der Waals surface area contributed by atoms with Crippen LogP contribution in [0.25, 0.3) is 22.5 Å². The van der Waals surface area contributed by atoms with Gasteiger partial charge in [0.05, 0.1) is 46.1 Å². The van der Waals surface area contributed by atoms with Gasteiger partial charge in [-0.1, -0.05) is 42.5 Å². The molecule has 4 aromatic carbocycles. The second-order valence-electron chi connectivity index (χ2n) is 15.6. The second kappa shape index (κ2) is 20.5. The number of pyridine rings is 1. The molecule has 5 N–H and O–H groups in total. The van der Waals surface area contributed by atoms with E-state index in [1.165, 1.54) is 37.3 Å². The van der Waals surface area contributed by atoms with E-state index >= 15 is 8.42 Å². The summed E-state index contributed by atoms with van der Waals surface area (Å²) in [6, 6.07) is 24.9. The van der Waals surface area contributed by atoms with E-state index in [1.54, 1.807) is 107 Å². The highest BCUT2D eigenvalue weighted by Gasteiger charge is 2.38. The number of tetrazole rings is 1. The number of amides is 1. The number of nitrogen functional groups attached to an aromatic ring is 1. The zero-order chi connectivity index (χ0) is 46.9. The third-order valence-corrected chi connectivity index (χ3v) is 13.3. The smallest absolute Gasteiger partial charge is 0.407 e. The number of hydrogen-bond donors (Lipinski definition) is 4. The first kappa shape index (κ1) is 47.8. The van der Waals surface area contributed by atoms with Crippen LogP contribution in [0.4, 0.5) is 10.6 Å². The Hall–Kier alpha value is -6.65. The number of nitrogens with one attached hydrogen (secondary N) is 2. The Morgan fingerprint density at radius 2 is 1.37 bits per heavy atom. The van der Waals surface area contributed by atoms with Crippen molar-refractivity contribution in [3.8, 4) is 39.8 Å². The average molecular weight is 930 g/mol. The van der Waals surface area contributed by atoms with Gasteiger partial charge in [-0.2, -0.15) is 9.10 Å². The highest BCUT2D eigenvalue weighted by Crippen LogP contribution is 2.41. The Morgan fingerprint density at radius 1 is 0.815 bits per heavy atom. The summed E-state index contributed by atoms with van der Waals surface area (Å²) in [7, 11) is -5.35. The number of hydrogen-bond acceptors (Lipinski definition) is 15. The van der Waals surface area contributed by atoms with E-state index < -0.39 is 60.7 Å². The molecule has 65 heavy (non-hydrogen) atoms. The summed E-state index contributed by atoms with van der Waals surface area (Å²) in [4.78, 5) is 16.5. The molecule has 0 radical (unpaired) electrons. The van der Waals surface area contributed by atoms with Crippen LogP contribution in [-0.2, 0) is 44.4 Å². The minimum absolute atomic E-state index is 0.0938. The molecule has 0 saturated carbocycles. The molecule has 344 valence electrons. The Balaban J connectivity index is 1.59. The van der Waals surface area contributed by atoms with E-state index in [-0.39, 0.29) is 42.4 Å². The number of ether oxygens (including phenoxy) is 4. The van der Waals surface area contributed by atoms with Gasteiger partial charge in [0.2, 0.25) is 25.9 Å². The first-order valence-corrected chi connectivity index (χ1v) is 23.0. The van der Waals surface area contributed by atoms with E-state index in [2.05, 4.69) is 30.4 Å². The van der Waals surface area contributed by atoms with Crippen LogP contribution in [0.15, 0.2) is 113 Å². The predicted molar refractivity (Wildman–Crippen MR) is 241 cm³/mol. The maximum absolute atomic E-state index is 15.9. The van der Waals surface area contributed by atoms with Gasteiger partial charge >= 0.3 is 6.09 Å². The number of aliphatic hydroxyl groups excluding tert-OH is 1. The number of aliphatic hydroxyl groups is 1. The van der Waals surface area contributed by atoms with Crippen molar-refractivity contribution in [1.82, 2.24) is 39.5 Å². The fourth-order valence-corrected chi connectivity index (χ4v) is 10.2. The van der Waals surface area contributed by atoms with Crippen molar-refractivity contribution < 1.29 is 45.7 Å². The molecular formula is C44H51N9O10S2. The maximum atomic E-state index is 15.9. The molecule has 19 nitrogen and oxygen atoms in total. The number of nitrogens with two attached hydrogens (primary N) is 1. The van der Waals surface area contributed by atoms with E-state index in [9.17, 15) is 18.3 Å². The summed E-state index contributed by atoms with van der Waals surface area (Å²) in [6.07, 6.45) is 0.560. The van der Waals surface area contributed by atoms with Crippen molar-refractivity contribution in [3.05, 3.63) is 120 Å². The number of alkyl carbamates (subject to hydrolysis) is 1. The predicted octanol–water partition coefficient (Wildman–Crippen LogP) is 4.61. The number of rotatable bonds is 19. The molecule has 0 aliphatic rings. The van der Waals surface area contributed by atoms with Crippen molar-refractivity contribution in [2.45, 2.75) is 61.8 Å². The number of aromatic nitrogens is 5. The van der Waals surface area contributed by atoms with Gasteiger partial charge in [-0.05, 0) is 108 Å². The number of carbonyl (C=O) groups is 1. The normalized spacial score (nSPS) is 12.4. The van der Waals surface area contributed by atoms with E-state index in [0.29, 0.717) is 33.9 Å². The molecule has 0 spiro atoms. The van der Waals surface area contributed by atoms with Gasteiger partial charge in [0.25, 0.3) is 0 Å². The summed E-state index contributed by atoms with van der Waals surface area (Å²) < 4.78 is 86.2. The highest BCUT2D eigenvalue weighted by atomic mass is 32.2. The number of methoxy groups -OCH3 is 3. The Kier molecular flexibility index (Phi) is 15.1.